The fourth-order valence-corrected chi connectivity index (χ4v) is 2.41. The molecule has 0 spiro atoms. The molecule has 1 unspecified atom stereocenters. The average Bonchev–Trinajstić information content (AvgIpc) is 2.45. The van der Waals surface area contributed by atoms with Crippen LogP contribution < -0.4 is 5.32 Å². The summed E-state index contributed by atoms with van der Waals surface area (Å²) < 4.78 is 37.7. The summed E-state index contributed by atoms with van der Waals surface area (Å²) in [5.41, 5.74) is 2.61. The maximum atomic E-state index is 12.6. The van der Waals surface area contributed by atoms with E-state index >= 15 is 0 Å². The van der Waals surface area contributed by atoms with Crippen LogP contribution in [0.3, 0.4) is 0 Å². The number of halogens is 3. The Balaban J connectivity index is 2.18. The van der Waals surface area contributed by atoms with E-state index in [1.165, 1.54) is 11.1 Å². The van der Waals surface area contributed by atoms with Crippen LogP contribution in [0.1, 0.15) is 28.3 Å². The molecule has 1 atom stereocenters. The van der Waals surface area contributed by atoms with Gasteiger partial charge in [-0.3, -0.25) is 0 Å². The molecule has 0 saturated heterocycles. The number of hydrogen-bond acceptors (Lipinski definition) is 1. The fourth-order valence-electron chi connectivity index (χ4n) is 2.41. The van der Waals surface area contributed by atoms with E-state index in [1.807, 2.05) is 38.2 Å². The minimum atomic E-state index is -4.28. The molecule has 112 valence electrons. The van der Waals surface area contributed by atoms with Gasteiger partial charge in [0.15, 0.2) is 0 Å². The van der Waals surface area contributed by atoms with E-state index in [-0.39, 0.29) is 6.04 Å². The Morgan fingerprint density at radius 2 is 1.62 bits per heavy atom. The van der Waals surface area contributed by atoms with Gasteiger partial charge in [0.2, 0.25) is 0 Å². The summed E-state index contributed by atoms with van der Waals surface area (Å²) in [6, 6.07) is 13.5. The predicted molar refractivity (Wildman–Crippen MR) is 78.1 cm³/mol. The van der Waals surface area contributed by atoms with Gasteiger partial charge in [-0.05, 0) is 49.2 Å². The second-order valence-electron chi connectivity index (χ2n) is 5.10. The van der Waals surface area contributed by atoms with Crippen molar-refractivity contribution in [2.75, 3.05) is 7.05 Å². The zero-order valence-corrected chi connectivity index (χ0v) is 12.0. The summed E-state index contributed by atoms with van der Waals surface area (Å²) in [4.78, 5) is 0. The monoisotopic (exact) mass is 293 g/mol. The van der Waals surface area contributed by atoms with Gasteiger partial charge in [0, 0.05) is 6.04 Å². The van der Waals surface area contributed by atoms with Crippen LogP contribution in [0.5, 0.6) is 0 Å². The van der Waals surface area contributed by atoms with E-state index in [0.717, 1.165) is 17.7 Å². The summed E-state index contributed by atoms with van der Waals surface area (Å²) in [5, 5.41) is 3.23. The lowest BCUT2D eigenvalue weighted by Crippen LogP contribution is -2.19. The largest absolute Gasteiger partial charge is 0.416 e. The summed E-state index contributed by atoms with van der Waals surface area (Å²) in [6.07, 6.45) is -3.63. The number of likely N-dealkylation sites (N-methyl/N-ethyl adjacent to an activating group) is 1. The van der Waals surface area contributed by atoms with Gasteiger partial charge >= 0.3 is 6.18 Å². The van der Waals surface area contributed by atoms with Crippen LogP contribution in [0, 0.1) is 6.92 Å². The Labute approximate surface area is 122 Å². The average molecular weight is 293 g/mol. The third-order valence-corrected chi connectivity index (χ3v) is 3.63. The summed E-state index contributed by atoms with van der Waals surface area (Å²) in [6.45, 7) is 2.03. The van der Waals surface area contributed by atoms with Crippen LogP contribution in [0.4, 0.5) is 13.2 Å². The van der Waals surface area contributed by atoms with Gasteiger partial charge < -0.3 is 5.32 Å². The molecule has 0 aliphatic rings. The highest BCUT2D eigenvalue weighted by atomic mass is 19.4. The molecule has 1 nitrogen and oxygen atoms in total. The van der Waals surface area contributed by atoms with Gasteiger partial charge in [-0.15, -0.1) is 0 Å². The van der Waals surface area contributed by atoms with Crippen LogP contribution in [0.25, 0.3) is 0 Å². The molecule has 4 heteroatoms. The molecule has 0 saturated carbocycles. The molecule has 0 aliphatic carbocycles. The van der Waals surface area contributed by atoms with Crippen molar-refractivity contribution in [1.29, 1.82) is 0 Å². The first-order valence-corrected chi connectivity index (χ1v) is 6.80. The van der Waals surface area contributed by atoms with Gasteiger partial charge in [0.05, 0.1) is 5.56 Å². The SMILES string of the molecule is CNC(Cc1ccc(C(F)(F)F)cc1)c1ccccc1C. The lowest BCUT2D eigenvalue weighted by Gasteiger charge is -2.19. The number of rotatable bonds is 4. The third kappa shape index (κ3) is 3.85. The van der Waals surface area contributed by atoms with Gasteiger partial charge in [0.1, 0.15) is 0 Å². The molecule has 2 rings (SSSR count). The quantitative estimate of drug-likeness (QED) is 0.874. The fraction of sp³-hybridized carbons (Fsp3) is 0.294. The standard InChI is InChI=1S/C17H18F3N/c1-12-5-3-4-6-15(12)16(21-2)11-13-7-9-14(10-8-13)17(18,19)20/h3-10,16,21H,11H2,1-2H3. The summed E-state index contributed by atoms with van der Waals surface area (Å²) in [7, 11) is 1.86. The van der Waals surface area contributed by atoms with Crippen molar-refractivity contribution in [3.05, 3.63) is 70.8 Å². The Hall–Kier alpha value is -1.81. The minimum absolute atomic E-state index is 0.0861. The van der Waals surface area contributed by atoms with Crippen molar-refractivity contribution >= 4 is 0 Å². The van der Waals surface area contributed by atoms with Crippen LogP contribution >= 0.6 is 0 Å². The van der Waals surface area contributed by atoms with Crippen molar-refractivity contribution < 1.29 is 13.2 Å². The van der Waals surface area contributed by atoms with Crippen LogP contribution in [0.2, 0.25) is 0 Å². The van der Waals surface area contributed by atoms with Crippen LogP contribution in [-0.4, -0.2) is 7.05 Å². The minimum Gasteiger partial charge on any atom is -0.313 e. The molecule has 2 aromatic carbocycles. The first kappa shape index (κ1) is 15.6. The molecule has 21 heavy (non-hydrogen) atoms. The predicted octanol–water partition coefficient (Wildman–Crippen LogP) is 4.52. The molecule has 0 bridgehead atoms. The van der Waals surface area contributed by atoms with Crippen molar-refractivity contribution in [3.63, 3.8) is 0 Å². The lowest BCUT2D eigenvalue weighted by molar-refractivity contribution is -0.137. The zero-order valence-electron chi connectivity index (χ0n) is 12.0. The number of benzene rings is 2. The van der Waals surface area contributed by atoms with Gasteiger partial charge in [-0.25, -0.2) is 0 Å². The molecule has 0 aromatic heterocycles. The molecule has 0 aliphatic heterocycles. The number of alkyl halides is 3. The molecule has 2 aromatic rings. The highest BCUT2D eigenvalue weighted by Gasteiger charge is 2.30. The van der Waals surface area contributed by atoms with E-state index in [2.05, 4.69) is 5.32 Å². The van der Waals surface area contributed by atoms with Gasteiger partial charge in [0.25, 0.3) is 0 Å². The lowest BCUT2D eigenvalue weighted by atomic mass is 9.95. The number of hydrogen-bond donors (Lipinski definition) is 1. The molecule has 0 amide bonds. The van der Waals surface area contributed by atoms with Crippen molar-refractivity contribution in [2.45, 2.75) is 25.6 Å². The first-order valence-electron chi connectivity index (χ1n) is 6.80. The first-order chi connectivity index (χ1) is 9.91. The van der Waals surface area contributed by atoms with Crippen molar-refractivity contribution in [1.82, 2.24) is 5.32 Å². The Kier molecular flexibility index (Phi) is 4.68. The zero-order chi connectivity index (χ0) is 15.5. The Bertz CT molecular complexity index is 588. The maximum absolute atomic E-state index is 12.6. The topological polar surface area (TPSA) is 12.0 Å². The van der Waals surface area contributed by atoms with Gasteiger partial charge in [-0.2, -0.15) is 13.2 Å². The summed E-state index contributed by atoms with van der Waals surface area (Å²) >= 11 is 0. The molecular formula is C17H18F3N. The number of nitrogens with one attached hydrogen (secondary N) is 1. The highest BCUT2D eigenvalue weighted by Crippen LogP contribution is 2.30. The summed E-state index contributed by atoms with van der Waals surface area (Å²) in [5.74, 6) is 0. The smallest absolute Gasteiger partial charge is 0.313 e. The molecule has 0 heterocycles. The normalized spacial score (nSPS) is 13.2. The highest BCUT2D eigenvalue weighted by molar-refractivity contribution is 5.31. The Morgan fingerprint density at radius 3 is 2.14 bits per heavy atom. The van der Waals surface area contributed by atoms with Gasteiger partial charge in [-0.1, -0.05) is 36.4 Å². The third-order valence-electron chi connectivity index (χ3n) is 3.63. The van der Waals surface area contributed by atoms with E-state index in [1.54, 1.807) is 12.1 Å². The van der Waals surface area contributed by atoms with Crippen LogP contribution in [-0.2, 0) is 12.6 Å². The second kappa shape index (κ2) is 6.31. The molecule has 0 fully saturated rings. The van der Waals surface area contributed by atoms with E-state index in [0.29, 0.717) is 6.42 Å². The van der Waals surface area contributed by atoms with Crippen molar-refractivity contribution in [2.24, 2.45) is 0 Å². The molecular weight excluding hydrogens is 275 g/mol. The van der Waals surface area contributed by atoms with E-state index in [4.69, 9.17) is 0 Å². The van der Waals surface area contributed by atoms with Crippen molar-refractivity contribution in [3.8, 4) is 0 Å². The Morgan fingerprint density at radius 1 is 1.00 bits per heavy atom. The van der Waals surface area contributed by atoms with E-state index < -0.39 is 11.7 Å². The van der Waals surface area contributed by atoms with Crippen LogP contribution in [0.15, 0.2) is 48.5 Å². The van der Waals surface area contributed by atoms with E-state index in [9.17, 15) is 13.2 Å². The number of aryl methyl sites for hydroxylation is 1. The maximum Gasteiger partial charge on any atom is 0.416 e. The second-order valence-corrected chi connectivity index (χ2v) is 5.10. The molecule has 0 radical (unpaired) electrons. The molecule has 1 N–H and O–H groups in total.